The fourth-order valence-corrected chi connectivity index (χ4v) is 1.64. The summed E-state index contributed by atoms with van der Waals surface area (Å²) in [6.07, 6.45) is 0.609. The average molecular weight is 180 g/mol. The van der Waals surface area contributed by atoms with Crippen LogP contribution in [0.3, 0.4) is 0 Å². The first kappa shape index (κ1) is 7.17. The molecular formula is C7H4N2O2S. The van der Waals surface area contributed by atoms with E-state index < -0.39 is 0 Å². The molecule has 0 radical (unpaired) electrons. The van der Waals surface area contributed by atoms with Crippen LogP contribution in [-0.4, -0.2) is 21.0 Å². The maximum atomic E-state index is 10.5. The molecule has 0 atom stereocenters. The van der Waals surface area contributed by atoms with Crippen molar-refractivity contribution in [1.29, 1.82) is 0 Å². The molecule has 1 heterocycles. The molecule has 12 heavy (non-hydrogen) atoms. The van der Waals surface area contributed by atoms with Crippen molar-refractivity contribution in [2.45, 2.75) is 0 Å². The first-order valence-corrected chi connectivity index (χ1v) is 3.99. The Hall–Kier alpha value is -1.49. The van der Waals surface area contributed by atoms with Gasteiger partial charge in [0.15, 0.2) is 6.29 Å². The van der Waals surface area contributed by atoms with Gasteiger partial charge in [0.05, 0.1) is 10.3 Å². The minimum absolute atomic E-state index is 0.0245. The van der Waals surface area contributed by atoms with Gasteiger partial charge in [0.25, 0.3) is 0 Å². The van der Waals surface area contributed by atoms with Crippen molar-refractivity contribution < 1.29 is 9.90 Å². The number of aromatic hydroxyl groups is 1. The minimum atomic E-state index is -0.0245. The van der Waals surface area contributed by atoms with Crippen LogP contribution < -0.4 is 0 Å². The predicted molar refractivity (Wildman–Crippen MR) is 44.5 cm³/mol. The number of carbonyl (C=O) groups is 1. The molecule has 0 aliphatic rings. The van der Waals surface area contributed by atoms with Crippen LogP contribution in [-0.2, 0) is 0 Å². The number of carbonyl (C=O) groups excluding carboxylic acids is 1. The van der Waals surface area contributed by atoms with Gasteiger partial charge in [0, 0.05) is 0 Å². The molecule has 0 spiro atoms. The number of aldehydes is 1. The van der Waals surface area contributed by atoms with E-state index in [-0.39, 0.29) is 11.3 Å². The molecule has 0 unspecified atom stereocenters. The maximum Gasteiger partial charge on any atom is 0.155 e. The van der Waals surface area contributed by atoms with Crippen LogP contribution in [0.15, 0.2) is 12.1 Å². The Morgan fingerprint density at radius 1 is 1.50 bits per heavy atom. The minimum Gasteiger partial charge on any atom is -0.507 e. The molecule has 0 saturated heterocycles. The van der Waals surface area contributed by atoms with Gasteiger partial charge in [-0.05, 0) is 23.7 Å². The van der Waals surface area contributed by atoms with E-state index in [0.29, 0.717) is 16.5 Å². The Morgan fingerprint density at radius 2 is 2.33 bits per heavy atom. The maximum absolute atomic E-state index is 10.5. The van der Waals surface area contributed by atoms with Crippen LogP contribution in [0, 0.1) is 0 Å². The summed E-state index contributed by atoms with van der Waals surface area (Å²) in [7, 11) is 0. The van der Waals surface area contributed by atoms with E-state index in [4.69, 9.17) is 0 Å². The summed E-state index contributed by atoms with van der Waals surface area (Å²) in [5.74, 6) is -0.0245. The van der Waals surface area contributed by atoms with Crippen molar-refractivity contribution in [2.24, 2.45) is 0 Å². The second kappa shape index (κ2) is 2.53. The van der Waals surface area contributed by atoms with Crippen LogP contribution in [0.5, 0.6) is 5.75 Å². The van der Waals surface area contributed by atoms with Crippen LogP contribution in [0.4, 0.5) is 0 Å². The summed E-state index contributed by atoms with van der Waals surface area (Å²) in [6, 6.07) is 3.06. The molecule has 0 aliphatic carbocycles. The van der Waals surface area contributed by atoms with Crippen LogP contribution >= 0.6 is 11.5 Å². The van der Waals surface area contributed by atoms with Crippen LogP contribution in [0.1, 0.15) is 10.4 Å². The number of benzene rings is 1. The van der Waals surface area contributed by atoms with Crippen molar-refractivity contribution >= 4 is 28.0 Å². The zero-order chi connectivity index (χ0) is 8.55. The summed E-state index contributed by atoms with van der Waals surface area (Å²) in [5.41, 5.74) is 0.905. The lowest BCUT2D eigenvalue weighted by atomic mass is 10.2. The number of phenolic OH excluding ortho intramolecular Hbond substituents is 1. The molecule has 5 heteroatoms. The Kier molecular flexibility index (Phi) is 1.51. The Labute approximate surface area is 71.6 Å². The topological polar surface area (TPSA) is 63.1 Å². The molecule has 0 amide bonds. The van der Waals surface area contributed by atoms with Crippen molar-refractivity contribution in [3.8, 4) is 5.75 Å². The van der Waals surface area contributed by atoms with Crippen LogP contribution in [0.2, 0.25) is 0 Å². The highest BCUT2D eigenvalue weighted by Crippen LogP contribution is 2.26. The molecule has 1 aromatic heterocycles. The summed E-state index contributed by atoms with van der Waals surface area (Å²) < 4.78 is 4.30. The Morgan fingerprint density at radius 3 is 3.08 bits per heavy atom. The number of phenols is 1. The van der Waals surface area contributed by atoms with E-state index in [2.05, 4.69) is 9.59 Å². The van der Waals surface area contributed by atoms with Gasteiger partial charge in [-0.15, -0.1) is 5.10 Å². The number of nitrogens with zero attached hydrogens (tertiary/aromatic N) is 2. The quantitative estimate of drug-likeness (QED) is 0.670. The number of hydrogen-bond acceptors (Lipinski definition) is 5. The van der Waals surface area contributed by atoms with E-state index in [9.17, 15) is 9.90 Å². The lowest BCUT2D eigenvalue weighted by Gasteiger charge is -1.94. The highest BCUT2D eigenvalue weighted by Gasteiger charge is 2.08. The molecule has 0 aliphatic heterocycles. The standard InChI is InChI=1S/C7H4N2O2S/c10-3-4-6(11)2-1-5-7(4)12-9-8-5/h1-3,11H. The normalized spacial score (nSPS) is 10.3. The third-order valence-corrected chi connectivity index (χ3v) is 2.33. The molecule has 2 aromatic rings. The molecule has 0 bridgehead atoms. The fraction of sp³-hybridized carbons (Fsp3) is 0. The van der Waals surface area contributed by atoms with Gasteiger partial charge < -0.3 is 5.11 Å². The highest BCUT2D eigenvalue weighted by molar-refractivity contribution is 7.13. The highest BCUT2D eigenvalue weighted by atomic mass is 32.1. The van der Waals surface area contributed by atoms with Crippen molar-refractivity contribution in [3.05, 3.63) is 17.7 Å². The zero-order valence-electron chi connectivity index (χ0n) is 5.89. The Balaban J connectivity index is 2.91. The van der Waals surface area contributed by atoms with Crippen LogP contribution in [0.25, 0.3) is 10.2 Å². The second-order valence-corrected chi connectivity index (χ2v) is 2.99. The third kappa shape index (κ3) is 0.868. The van der Waals surface area contributed by atoms with Crippen molar-refractivity contribution in [1.82, 2.24) is 9.59 Å². The first-order chi connectivity index (χ1) is 5.83. The SMILES string of the molecule is O=Cc1c(O)ccc2nnsc12. The number of aromatic nitrogens is 2. The largest absolute Gasteiger partial charge is 0.507 e. The summed E-state index contributed by atoms with van der Waals surface area (Å²) in [6.45, 7) is 0. The lowest BCUT2D eigenvalue weighted by molar-refractivity contribution is 0.112. The van der Waals surface area contributed by atoms with Crippen molar-refractivity contribution in [3.63, 3.8) is 0 Å². The molecule has 60 valence electrons. The molecule has 0 fully saturated rings. The molecule has 1 aromatic carbocycles. The van der Waals surface area contributed by atoms with Crippen molar-refractivity contribution in [2.75, 3.05) is 0 Å². The molecule has 4 nitrogen and oxygen atoms in total. The third-order valence-electron chi connectivity index (χ3n) is 1.55. The van der Waals surface area contributed by atoms with Gasteiger partial charge in [-0.25, -0.2) is 0 Å². The zero-order valence-corrected chi connectivity index (χ0v) is 6.71. The molecule has 0 saturated carbocycles. The Bertz CT molecular complexity index is 438. The monoisotopic (exact) mass is 180 g/mol. The van der Waals surface area contributed by atoms with E-state index in [0.717, 1.165) is 11.5 Å². The number of hydrogen-bond donors (Lipinski definition) is 1. The lowest BCUT2D eigenvalue weighted by Crippen LogP contribution is -1.81. The average Bonchev–Trinajstić information content (AvgIpc) is 2.52. The molecular weight excluding hydrogens is 176 g/mol. The van der Waals surface area contributed by atoms with E-state index in [1.54, 1.807) is 6.07 Å². The summed E-state index contributed by atoms with van der Waals surface area (Å²) >= 11 is 1.10. The molecule has 1 N–H and O–H groups in total. The van der Waals surface area contributed by atoms with E-state index in [1.807, 2.05) is 0 Å². The number of rotatable bonds is 1. The van der Waals surface area contributed by atoms with Gasteiger partial charge >= 0.3 is 0 Å². The first-order valence-electron chi connectivity index (χ1n) is 3.22. The molecule has 2 rings (SSSR count). The van der Waals surface area contributed by atoms with Gasteiger partial charge in [-0.1, -0.05) is 4.49 Å². The fourth-order valence-electron chi connectivity index (χ4n) is 0.971. The summed E-state index contributed by atoms with van der Waals surface area (Å²) in [5, 5.41) is 13.0. The van der Waals surface area contributed by atoms with E-state index >= 15 is 0 Å². The van der Waals surface area contributed by atoms with Gasteiger partial charge in [0.1, 0.15) is 11.3 Å². The van der Waals surface area contributed by atoms with Gasteiger partial charge in [-0.3, -0.25) is 4.79 Å². The predicted octanol–water partition coefficient (Wildman–Crippen LogP) is 1.21. The van der Waals surface area contributed by atoms with Gasteiger partial charge in [-0.2, -0.15) is 0 Å². The number of fused-ring (bicyclic) bond motifs is 1. The van der Waals surface area contributed by atoms with Gasteiger partial charge in [0.2, 0.25) is 0 Å². The van der Waals surface area contributed by atoms with E-state index in [1.165, 1.54) is 6.07 Å². The summed E-state index contributed by atoms with van der Waals surface area (Å²) in [4.78, 5) is 10.5. The smallest absolute Gasteiger partial charge is 0.155 e. The second-order valence-electron chi connectivity index (χ2n) is 2.24.